The molecule has 0 saturated heterocycles. The van der Waals surface area contributed by atoms with Crippen molar-refractivity contribution in [2.45, 2.75) is 24.9 Å². The van der Waals surface area contributed by atoms with Gasteiger partial charge in [-0.3, -0.25) is 9.59 Å². The molecule has 0 fully saturated rings. The van der Waals surface area contributed by atoms with Crippen molar-refractivity contribution in [1.29, 1.82) is 0 Å². The van der Waals surface area contributed by atoms with Crippen LogP contribution in [0.15, 0.2) is 0 Å². The van der Waals surface area contributed by atoms with Crippen molar-refractivity contribution in [3.05, 3.63) is 0 Å². The first kappa shape index (κ1) is 24.1. The molecule has 0 heterocycles. The zero-order valence-corrected chi connectivity index (χ0v) is 14.9. The van der Waals surface area contributed by atoms with Crippen molar-refractivity contribution < 1.29 is 19.8 Å². The van der Waals surface area contributed by atoms with E-state index in [1.54, 1.807) is 23.5 Å². The van der Waals surface area contributed by atoms with Gasteiger partial charge in [-0.1, -0.05) is 0 Å². The van der Waals surface area contributed by atoms with E-state index < -0.39 is 24.0 Å². The van der Waals surface area contributed by atoms with Gasteiger partial charge in [-0.05, 0) is 36.9 Å². The number of carbonyl (C=O) groups is 2. The molecule has 2 unspecified atom stereocenters. The van der Waals surface area contributed by atoms with E-state index in [-0.39, 0.29) is 17.1 Å². The number of hydrogen-bond acceptors (Lipinski definition) is 6. The number of carboxylic acid groups (broad SMARTS) is 2. The van der Waals surface area contributed by atoms with Gasteiger partial charge < -0.3 is 21.7 Å². The van der Waals surface area contributed by atoms with Gasteiger partial charge in [-0.2, -0.15) is 23.5 Å². The molecular formula is C10H24N2O4S2Se. The molecule has 0 saturated carbocycles. The van der Waals surface area contributed by atoms with E-state index in [1.807, 2.05) is 12.5 Å². The minimum absolute atomic E-state index is 0. The van der Waals surface area contributed by atoms with Crippen molar-refractivity contribution in [3.8, 4) is 0 Å². The van der Waals surface area contributed by atoms with Gasteiger partial charge in [0.15, 0.2) is 0 Å². The summed E-state index contributed by atoms with van der Waals surface area (Å²) in [6.45, 7) is 0. The molecule has 19 heavy (non-hydrogen) atoms. The Morgan fingerprint density at radius 3 is 1.37 bits per heavy atom. The summed E-state index contributed by atoms with van der Waals surface area (Å²) in [4.78, 5) is 20.1. The summed E-state index contributed by atoms with van der Waals surface area (Å²) in [5.74, 6) is -0.200. The molecule has 0 aliphatic heterocycles. The molecule has 0 aromatic carbocycles. The molecule has 0 rings (SSSR count). The Morgan fingerprint density at radius 1 is 0.947 bits per heavy atom. The van der Waals surface area contributed by atoms with Crippen LogP contribution in [0.4, 0.5) is 0 Å². The van der Waals surface area contributed by atoms with Crippen molar-refractivity contribution in [1.82, 2.24) is 0 Å². The van der Waals surface area contributed by atoms with Crippen molar-refractivity contribution in [2.75, 3.05) is 24.0 Å². The van der Waals surface area contributed by atoms with Gasteiger partial charge in [0, 0.05) is 0 Å². The third-order valence-corrected chi connectivity index (χ3v) is 3.19. The van der Waals surface area contributed by atoms with Crippen LogP contribution in [0.5, 0.6) is 0 Å². The van der Waals surface area contributed by atoms with Crippen molar-refractivity contribution in [2.24, 2.45) is 11.5 Å². The van der Waals surface area contributed by atoms with Crippen LogP contribution in [0.25, 0.3) is 0 Å². The molecule has 0 amide bonds. The monoisotopic (exact) mass is 380 g/mol. The van der Waals surface area contributed by atoms with E-state index in [0.29, 0.717) is 12.8 Å². The van der Waals surface area contributed by atoms with Crippen molar-refractivity contribution >= 4 is 52.5 Å². The molecule has 0 aromatic heterocycles. The SMILES string of the molecule is CSCCC(N)C(=O)O.CSCCC(N)C(=O)O.[SeH2]. The summed E-state index contributed by atoms with van der Waals surface area (Å²) < 4.78 is 0. The fraction of sp³-hybridized carbons (Fsp3) is 0.800. The van der Waals surface area contributed by atoms with Gasteiger partial charge in [0.2, 0.25) is 0 Å². The molecular weight excluding hydrogens is 355 g/mol. The maximum absolute atomic E-state index is 10.1. The van der Waals surface area contributed by atoms with Crippen LogP contribution in [-0.4, -0.2) is 75.3 Å². The molecule has 6 nitrogen and oxygen atoms in total. The fourth-order valence-electron chi connectivity index (χ4n) is 0.737. The Morgan fingerprint density at radius 2 is 1.21 bits per heavy atom. The van der Waals surface area contributed by atoms with Crippen LogP contribution in [0.3, 0.4) is 0 Å². The summed E-state index contributed by atoms with van der Waals surface area (Å²) >= 11 is 3.21. The van der Waals surface area contributed by atoms with E-state index >= 15 is 0 Å². The summed E-state index contributed by atoms with van der Waals surface area (Å²) in [7, 11) is 0. The normalized spacial score (nSPS) is 12.4. The molecule has 0 spiro atoms. The molecule has 0 aliphatic rings. The molecule has 116 valence electrons. The molecule has 2 atom stereocenters. The Balaban J connectivity index is -0.000000256. The molecule has 6 N–H and O–H groups in total. The van der Waals surface area contributed by atoms with Gasteiger partial charge in [0.25, 0.3) is 0 Å². The van der Waals surface area contributed by atoms with Crippen LogP contribution < -0.4 is 11.5 Å². The Labute approximate surface area is 132 Å². The Hall–Kier alpha value is 0.0795. The number of carboxylic acids is 2. The molecule has 0 aliphatic carbocycles. The zero-order valence-electron chi connectivity index (χ0n) is 11.2. The van der Waals surface area contributed by atoms with E-state index in [1.165, 1.54) is 0 Å². The second-order valence-electron chi connectivity index (χ2n) is 3.45. The number of rotatable bonds is 8. The second-order valence-corrected chi connectivity index (χ2v) is 5.42. The number of hydrogen-bond donors (Lipinski definition) is 4. The fourth-order valence-corrected chi connectivity index (χ4v) is 1.72. The summed E-state index contributed by atoms with van der Waals surface area (Å²) in [5, 5.41) is 16.5. The minimum atomic E-state index is -0.913. The number of thioether (sulfide) groups is 2. The van der Waals surface area contributed by atoms with E-state index in [0.717, 1.165) is 11.5 Å². The van der Waals surface area contributed by atoms with Gasteiger partial charge in [0.05, 0.1) is 0 Å². The van der Waals surface area contributed by atoms with Crippen LogP contribution >= 0.6 is 23.5 Å². The first-order valence-electron chi connectivity index (χ1n) is 5.31. The maximum atomic E-state index is 10.1. The third-order valence-electron chi connectivity index (χ3n) is 1.90. The van der Waals surface area contributed by atoms with Crippen LogP contribution in [0.2, 0.25) is 0 Å². The second kappa shape index (κ2) is 16.1. The predicted octanol–water partition coefficient (Wildman–Crippen LogP) is -0.613. The zero-order chi connectivity index (χ0) is 14.6. The number of nitrogens with two attached hydrogens (primary N) is 2. The topological polar surface area (TPSA) is 127 Å². The third kappa shape index (κ3) is 18.1. The molecule has 0 bridgehead atoms. The van der Waals surface area contributed by atoms with E-state index in [9.17, 15) is 9.59 Å². The average molecular weight is 379 g/mol. The van der Waals surface area contributed by atoms with Gasteiger partial charge in [-0.25, -0.2) is 0 Å². The van der Waals surface area contributed by atoms with Gasteiger partial charge >= 0.3 is 29.0 Å². The Bertz CT molecular complexity index is 224. The number of aliphatic carboxylic acids is 2. The van der Waals surface area contributed by atoms with Crippen LogP contribution in [-0.2, 0) is 9.59 Å². The quantitative estimate of drug-likeness (QED) is 0.411. The average Bonchev–Trinajstić information content (AvgIpc) is 2.33. The van der Waals surface area contributed by atoms with Crippen LogP contribution in [0, 0.1) is 0 Å². The molecule has 0 aromatic rings. The first-order chi connectivity index (χ1) is 8.36. The molecule has 0 radical (unpaired) electrons. The van der Waals surface area contributed by atoms with E-state index in [2.05, 4.69) is 0 Å². The van der Waals surface area contributed by atoms with E-state index in [4.69, 9.17) is 21.7 Å². The predicted molar refractivity (Wildman–Crippen MR) is 85.8 cm³/mol. The summed E-state index contributed by atoms with van der Waals surface area (Å²) in [6, 6.07) is -1.37. The summed E-state index contributed by atoms with van der Waals surface area (Å²) in [6.07, 6.45) is 4.95. The summed E-state index contributed by atoms with van der Waals surface area (Å²) in [5.41, 5.74) is 10.4. The molecule has 9 heteroatoms. The van der Waals surface area contributed by atoms with Gasteiger partial charge in [-0.15, -0.1) is 0 Å². The Kier molecular flexibility index (Phi) is 20.5. The first-order valence-corrected chi connectivity index (χ1v) is 8.10. The standard InChI is InChI=1S/2C5H11NO2S.H2Se/c2*1-9-3-2-4(6)5(7)8;/h2*4H,2-3,6H2,1H3,(H,7,8);1H2. The van der Waals surface area contributed by atoms with Crippen molar-refractivity contribution in [3.63, 3.8) is 0 Å². The van der Waals surface area contributed by atoms with Gasteiger partial charge in [0.1, 0.15) is 12.1 Å². The van der Waals surface area contributed by atoms with Crippen LogP contribution in [0.1, 0.15) is 12.8 Å².